The molecular formula is C15H15BrF2N2O. The van der Waals surface area contributed by atoms with Crippen LogP contribution in [0.5, 0.6) is 5.75 Å². The summed E-state index contributed by atoms with van der Waals surface area (Å²) in [6.07, 6.45) is 0.345. The predicted molar refractivity (Wildman–Crippen MR) is 80.8 cm³/mol. The lowest BCUT2D eigenvalue weighted by Gasteiger charge is -2.18. The summed E-state index contributed by atoms with van der Waals surface area (Å²) in [5, 5.41) is 0. The van der Waals surface area contributed by atoms with Crippen molar-refractivity contribution in [3.63, 3.8) is 0 Å². The molecule has 2 rings (SSSR count). The first-order valence-electron chi connectivity index (χ1n) is 6.28. The molecule has 0 bridgehead atoms. The van der Waals surface area contributed by atoms with Crippen LogP contribution in [0, 0.1) is 11.6 Å². The second kappa shape index (κ2) is 6.98. The van der Waals surface area contributed by atoms with Gasteiger partial charge in [-0.2, -0.15) is 0 Å². The molecule has 0 aliphatic heterocycles. The van der Waals surface area contributed by atoms with Crippen LogP contribution in [0.15, 0.2) is 40.9 Å². The average molecular weight is 357 g/mol. The fraction of sp³-hybridized carbons (Fsp3) is 0.200. The number of halogens is 3. The maximum absolute atomic E-state index is 14.1. The molecule has 2 aromatic rings. The zero-order valence-corrected chi connectivity index (χ0v) is 13.0. The Kier molecular flexibility index (Phi) is 5.27. The average Bonchev–Trinajstić information content (AvgIpc) is 2.48. The molecule has 112 valence electrons. The summed E-state index contributed by atoms with van der Waals surface area (Å²) < 4.78 is 33.1. The number of hydrazine groups is 1. The van der Waals surface area contributed by atoms with E-state index in [0.717, 1.165) is 4.47 Å². The Balaban J connectivity index is 2.29. The highest BCUT2D eigenvalue weighted by Gasteiger charge is 2.17. The minimum atomic E-state index is -0.478. The SMILES string of the molecule is COc1ccc(C(Cc2cc(F)ccc2Br)NN)c(F)c1. The molecule has 0 aromatic heterocycles. The van der Waals surface area contributed by atoms with Gasteiger partial charge in [-0.05, 0) is 36.2 Å². The number of ether oxygens (including phenoxy) is 1. The maximum atomic E-state index is 14.1. The summed E-state index contributed by atoms with van der Waals surface area (Å²) >= 11 is 3.35. The van der Waals surface area contributed by atoms with E-state index in [0.29, 0.717) is 23.3 Å². The van der Waals surface area contributed by atoms with Crippen LogP contribution < -0.4 is 16.0 Å². The maximum Gasteiger partial charge on any atom is 0.131 e. The molecule has 1 unspecified atom stereocenters. The van der Waals surface area contributed by atoms with Gasteiger partial charge in [-0.1, -0.05) is 22.0 Å². The lowest BCUT2D eigenvalue weighted by atomic mass is 9.98. The van der Waals surface area contributed by atoms with E-state index < -0.39 is 11.9 Å². The van der Waals surface area contributed by atoms with Gasteiger partial charge in [0.2, 0.25) is 0 Å². The third kappa shape index (κ3) is 3.78. The standard InChI is InChI=1S/C15H15BrF2N2O/c1-21-11-3-4-12(14(18)8-11)15(20-19)7-9-6-10(17)2-5-13(9)16/h2-6,8,15,20H,7,19H2,1H3. The van der Waals surface area contributed by atoms with E-state index in [1.54, 1.807) is 18.2 Å². The molecular weight excluding hydrogens is 342 g/mol. The molecule has 0 heterocycles. The van der Waals surface area contributed by atoms with Gasteiger partial charge in [0.05, 0.1) is 13.2 Å². The van der Waals surface area contributed by atoms with E-state index in [4.69, 9.17) is 10.6 Å². The van der Waals surface area contributed by atoms with Crippen molar-refractivity contribution < 1.29 is 13.5 Å². The molecule has 0 saturated carbocycles. The van der Waals surface area contributed by atoms with E-state index in [-0.39, 0.29) is 5.82 Å². The third-order valence-electron chi connectivity index (χ3n) is 3.22. The van der Waals surface area contributed by atoms with Crippen LogP contribution in [0.2, 0.25) is 0 Å². The summed E-state index contributed by atoms with van der Waals surface area (Å²) in [7, 11) is 1.47. The topological polar surface area (TPSA) is 47.3 Å². The van der Waals surface area contributed by atoms with Crippen molar-refractivity contribution in [1.29, 1.82) is 0 Å². The van der Waals surface area contributed by atoms with E-state index in [1.807, 2.05) is 0 Å². The van der Waals surface area contributed by atoms with Crippen molar-refractivity contribution in [2.75, 3.05) is 7.11 Å². The Hall–Kier alpha value is -1.50. The van der Waals surface area contributed by atoms with Crippen molar-refractivity contribution in [2.24, 2.45) is 5.84 Å². The zero-order valence-electron chi connectivity index (χ0n) is 11.4. The van der Waals surface area contributed by atoms with Gasteiger partial charge in [-0.15, -0.1) is 0 Å². The second-order valence-electron chi connectivity index (χ2n) is 4.55. The number of methoxy groups -OCH3 is 1. The summed E-state index contributed by atoms with van der Waals surface area (Å²) in [6, 6.07) is 8.44. The van der Waals surface area contributed by atoms with Crippen LogP contribution in [0.1, 0.15) is 17.2 Å². The van der Waals surface area contributed by atoms with Gasteiger partial charge in [0.1, 0.15) is 17.4 Å². The fourth-order valence-electron chi connectivity index (χ4n) is 2.10. The molecule has 0 aliphatic carbocycles. The quantitative estimate of drug-likeness (QED) is 0.636. The Labute approximate surface area is 130 Å². The van der Waals surface area contributed by atoms with Gasteiger partial charge in [-0.25, -0.2) is 8.78 Å². The summed E-state index contributed by atoms with van der Waals surface area (Å²) in [6.45, 7) is 0. The van der Waals surface area contributed by atoms with E-state index in [2.05, 4.69) is 21.4 Å². The molecule has 3 nitrogen and oxygen atoms in total. The van der Waals surface area contributed by atoms with Gasteiger partial charge < -0.3 is 4.74 Å². The van der Waals surface area contributed by atoms with E-state index in [1.165, 1.54) is 25.3 Å². The van der Waals surface area contributed by atoms with Crippen molar-refractivity contribution in [2.45, 2.75) is 12.5 Å². The van der Waals surface area contributed by atoms with Crippen molar-refractivity contribution >= 4 is 15.9 Å². The molecule has 0 aliphatic rings. The van der Waals surface area contributed by atoms with Crippen LogP contribution in [0.25, 0.3) is 0 Å². The smallest absolute Gasteiger partial charge is 0.131 e. The highest BCUT2D eigenvalue weighted by molar-refractivity contribution is 9.10. The first-order chi connectivity index (χ1) is 10.0. The normalized spacial score (nSPS) is 12.2. The Morgan fingerprint density at radius 1 is 1.24 bits per heavy atom. The molecule has 2 aromatic carbocycles. The van der Waals surface area contributed by atoms with Crippen molar-refractivity contribution in [1.82, 2.24) is 5.43 Å². The monoisotopic (exact) mass is 356 g/mol. The summed E-state index contributed by atoms with van der Waals surface area (Å²) in [5.74, 6) is 5.18. The molecule has 0 saturated heterocycles. The predicted octanol–water partition coefficient (Wildman–Crippen LogP) is 3.48. The Morgan fingerprint density at radius 3 is 2.62 bits per heavy atom. The molecule has 3 N–H and O–H groups in total. The minimum absolute atomic E-state index is 0.345. The van der Waals surface area contributed by atoms with Gasteiger partial charge in [0.15, 0.2) is 0 Å². The number of benzene rings is 2. The minimum Gasteiger partial charge on any atom is -0.497 e. The van der Waals surface area contributed by atoms with Gasteiger partial charge in [0, 0.05) is 16.1 Å². The number of nitrogens with two attached hydrogens (primary N) is 1. The van der Waals surface area contributed by atoms with Crippen molar-refractivity contribution in [3.05, 3.63) is 63.6 Å². The zero-order chi connectivity index (χ0) is 15.4. The molecule has 0 spiro atoms. The Morgan fingerprint density at radius 2 is 2.00 bits per heavy atom. The third-order valence-corrected chi connectivity index (χ3v) is 3.99. The molecule has 21 heavy (non-hydrogen) atoms. The van der Waals surface area contributed by atoms with Gasteiger partial charge >= 0.3 is 0 Å². The fourth-order valence-corrected chi connectivity index (χ4v) is 2.50. The lowest BCUT2D eigenvalue weighted by molar-refractivity contribution is 0.409. The lowest BCUT2D eigenvalue weighted by Crippen LogP contribution is -2.30. The van der Waals surface area contributed by atoms with E-state index in [9.17, 15) is 8.78 Å². The molecule has 0 radical (unpaired) electrons. The number of hydrogen-bond donors (Lipinski definition) is 2. The first-order valence-corrected chi connectivity index (χ1v) is 7.08. The van der Waals surface area contributed by atoms with Crippen LogP contribution >= 0.6 is 15.9 Å². The summed E-state index contributed by atoms with van der Waals surface area (Å²) in [4.78, 5) is 0. The molecule has 6 heteroatoms. The second-order valence-corrected chi connectivity index (χ2v) is 5.40. The number of rotatable bonds is 5. The summed E-state index contributed by atoms with van der Waals surface area (Å²) in [5.41, 5.74) is 3.67. The highest BCUT2D eigenvalue weighted by atomic mass is 79.9. The van der Waals surface area contributed by atoms with Crippen LogP contribution in [-0.2, 0) is 6.42 Å². The largest absolute Gasteiger partial charge is 0.497 e. The molecule has 0 amide bonds. The van der Waals surface area contributed by atoms with Crippen molar-refractivity contribution in [3.8, 4) is 5.75 Å². The van der Waals surface area contributed by atoms with E-state index >= 15 is 0 Å². The molecule has 0 fully saturated rings. The highest BCUT2D eigenvalue weighted by Crippen LogP contribution is 2.27. The van der Waals surface area contributed by atoms with Crippen LogP contribution in [0.4, 0.5) is 8.78 Å². The van der Waals surface area contributed by atoms with Crippen LogP contribution in [0.3, 0.4) is 0 Å². The van der Waals surface area contributed by atoms with Gasteiger partial charge in [-0.3, -0.25) is 11.3 Å². The molecule has 1 atom stereocenters. The first kappa shape index (κ1) is 15.9. The Bertz CT molecular complexity index is 637. The number of nitrogens with one attached hydrogen (secondary N) is 1. The number of hydrogen-bond acceptors (Lipinski definition) is 3. The van der Waals surface area contributed by atoms with Gasteiger partial charge in [0.25, 0.3) is 0 Å². The van der Waals surface area contributed by atoms with Crippen LogP contribution in [-0.4, -0.2) is 7.11 Å².